The predicted octanol–water partition coefficient (Wildman–Crippen LogP) is 1.13. The van der Waals surface area contributed by atoms with Gasteiger partial charge in [0.15, 0.2) is 0 Å². The first-order valence-corrected chi connectivity index (χ1v) is 6.13. The summed E-state index contributed by atoms with van der Waals surface area (Å²) in [5, 5.41) is 3.10. The minimum absolute atomic E-state index is 0.256. The number of nitrogens with two attached hydrogens (primary N) is 1. The molecule has 0 bridgehead atoms. The molecule has 0 aliphatic rings. The molecule has 98 valence electrons. The van der Waals surface area contributed by atoms with Crippen LogP contribution in [0, 0.1) is 13.8 Å². The van der Waals surface area contributed by atoms with E-state index in [1.807, 2.05) is 19.9 Å². The van der Waals surface area contributed by atoms with Crippen LogP contribution in [-0.2, 0) is 6.54 Å². The molecule has 0 aliphatic carbocycles. The Morgan fingerprint density at radius 1 is 1.32 bits per heavy atom. The number of nitrogens with zero attached hydrogens (tertiary/aromatic N) is 4. The standard InChI is InChI=1S/C12H14N6S/c1-7-5-10(11(13)19)18-12(16-7)15-6-9-3-4-14-8(2)17-9/h3-5H,6H2,1-2H3,(H2,13,19)(H,15,16,18). The molecule has 7 heteroatoms. The lowest BCUT2D eigenvalue weighted by Crippen LogP contribution is -2.15. The van der Waals surface area contributed by atoms with Crippen molar-refractivity contribution in [3.63, 3.8) is 0 Å². The summed E-state index contributed by atoms with van der Waals surface area (Å²) in [6.07, 6.45) is 1.72. The normalized spacial score (nSPS) is 10.2. The van der Waals surface area contributed by atoms with Gasteiger partial charge in [0.05, 0.1) is 12.2 Å². The molecule has 2 aromatic rings. The summed E-state index contributed by atoms with van der Waals surface area (Å²) >= 11 is 4.92. The zero-order valence-electron chi connectivity index (χ0n) is 10.7. The lowest BCUT2D eigenvalue weighted by Gasteiger charge is -2.07. The summed E-state index contributed by atoms with van der Waals surface area (Å²) in [7, 11) is 0. The fourth-order valence-electron chi connectivity index (χ4n) is 1.55. The Labute approximate surface area is 116 Å². The zero-order chi connectivity index (χ0) is 13.8. The number of nitrogens with one attached hydrogen (secondary N) is 1. The van der Waals surface area contributed by atoms with Gasteiger partial charge in [0.1, 0.15) is 16.5 Å². The van der Waals surface area contributed by atoms with E-state index in [0.29, 0.717) is 18.2 Å². The van der Waals surface area contributed by atoms with E-state index in [0.717, 1.165) is 17.2 Å². The molecule has 0 aromatic carbocycles. The highest BCUT2D eigenvalue weighted by Crippen LogP contribution is 2.06. The zero-order valence-corrected chi connectivity index (χ0v) is 11.5. The Morgan fingerprint density at radius 2 is 2.11 bits per heavy atom. The Bertz CT molecular complexity index is 613. The second kappa shape index (κ2) is 5.66. The van der Waals surface area contributed by atoms with Crippen molar-refractivity contribution in [1.82, 2.24) is 19.9 Å². The molecule has 0 spiro atoms. The molecule has 2 rings (SSSR count). The highest BCUT2D eigenvalue weighted by Gasteiger charge is 2.04. The number of aromatic nitrogens is 4. The quantitative estimate of drug-likeness (QED) is 0.808. The molecule has 2 aromatic heterocycles. The predicted molar refractivity (Wildman–Crippen MR) is 76.8 cm³/mol. The Hall–Kier alpha value is -2.15. The van der Waals surface area contributed by atoms with Crippen molar-refractivity contribution in [3.05, 3.63) is 41.2 Å². The van der Waals surface area contributed by atoms with E-state index in [1.54, 1.807) is 12.3 Å². The van der Waals surface area contributed by atoms with Crippen molar-refractivity contribution in [3.8, 4) is 0 Å². The van der Waals surface area contributed by atoms with Gasteiger partial charge in [-0.25, -0.2) is 19.9 Å². The summed E-state index contributed by atoms with van der Waals surface area (Å²) in [5.41, 5.74) is 7.81. The summed E-state index contributed by atoms with van der Waals surface area (Å²) in [6.45, 7) is 4.23. The van der Waals surface area contributed by atoms with Gasteiger partial charge in [0.25, 0.3) is 0 Å². The lowest BCUT2D eigenvalue weighted by molar-refractivity contribution is 0.935. The maximum atomic E-state index is 5.57. The van der Waals surface area contributed by atoms with Crippen LogP contribution in [0.2, 0.25) is 0 Å². The number of hydrogen-bond donors (Lipinski definition) is 2. The highest BCUT2D eigenvalue weighted by molar-refractivity contribution is 7.80. The van der Waals surface area contributed by atoms with E-state index in [4.69, 9.17) is 18.0 Å². The van der Waals surface area contributed by atoms with E-state index in [2.05, 4.69) is 25.3 Å². The topological polar surface area (TPSA) is 89.6 Å². The molecule has 0 amide bonds. The molecule has 6 nitrogen and oxygen atoms in total. The Morgan fingerprint density at radius 3 is 2.79 bits per heavy atom. The Balaban J connectivity index is 2.13. The molecule has 0 aliphatic heterocycles. The van der Waals surface area contributed by atoms with Crippen LogP contribution in [-0.4, -0.2) is 24.9 Å². The highest BCUT2D eigenvalue weighted by atomic mass is 32.1. The molecule has 0 atom stereocenters. The third-order valence-electron chi connectivity index (χ3n) is 2.37. The molecule has 0 saturated heterocycles. The van der Waals surface area contributed by atoms with Crippen LogP contribution in [0.15, 0.2) is 18.3 Å². The minimum atomic E-state index is 0.256. The molecule has 0 saturated carbocycles. The largest absolute Gasteiger partial charge is 0.388 e. The molecule has 0 fully saturated rings. The maximum absolute atomic E-state index is 5.57. The van der Waals surface area contributed by atoms with E-state index in [1.165, 1.54) is 0 Å². The summed E-state index contributed by atoms with van der Waals surface area (Å²) in [4.78, 5) is 17.1. The smallest absolute Gasteiger partial charge is 0.223 e. The summed E-state index contributed by atoms with van der Waals surface area (Å²) in [6, 6.07) is 3.59. The number of hydrogen-bond acceptors (Lipinski definition) is 6. The molecule has 19 heavy (non-hydrogen) atoms. The van der Waals surface area contributed by atoms with Crippen LogP contribution in [0.5, 0.6) is 0 Å². The molecule has 0 unspecified atom stereocenters. The summed E-state index contributed by atoms with van der Waals surface area (Å²) < 4.78 is 0. The van der Waals surface area contributed by atoms with Crippen LogP contribution in [0.25, 0.3) is 0 Å². The average molecular weight is 274 g/mol. The van der Waals surface area contributed by atoms with Gasteiger partial charge in [-0.2, -0.15) is 0 Å². The van der Waals surface area contributed by atoms with Crippen LogP contribution >= 0.6 is 12.2 Å². The maximum Gasteiger partial charge on any atom is 0.223 e. The molecular weight excluding hydrogens is 260 g/mol. The van der Waals surface area contributed by atoms with Gasteiger partial charge in [-0.05, 0) is 26.0 Å². The number of anilines is 1. The van der Waals surface area contributed by atoms with Crippen LogP contribution in [0.4, 0.5) is 5.95 Å². The van der Waals surface area contributed by atoms with E-state index in [-0.39, 0.29) is 4.99 Å². The number of aryl methyl sites for hydroxylation is 2. The monoisotopic (exact) mass is 274 g/mol. The first-order valence-electron chi connectivity index (χ1n) is 5.72. The van der Waals surface area contributed by atoms with Gasteiger partial charge in [0.2, 0.25) is 5.95 Å². The number of thiocarbonyl (C=S) groups is 1. The van der Waals surface area contributed by atoms with Crippen molar-refractivity contribution in [2.24, 2.45) is 5.73 Å². The minimum Gasteiger partial charge on any atom is -0.388 e. The van der Waals surface area contributed by atoms with Gasteiger partial charge in [-0.3, -0.25) is 0 Å². The average Bonchev–Trinajstić information content (AvgIpc) is 2.36. The first kappa shape index (κ1) is 13.3. The fraction of sp³-hybridized carbons (Fsp3) is 0.250. The van der Waals surface area contributed by atoms with Gasteiger partial charge in [-0.15, -0.1) is 0 Å². The molecular formula is C12H14N6S. The van der Waals surface area contributed by atoms with E-state index >= 15 is 0 Å². The van der Waals surface area contributed by atoms with Gasteiger partial charge in [-0.1, -0.05) is 12.2 Å². The molecule has 2 heterocycles. The van der Waals surface area contributed by atoms with Gasteiger partial charge in [0, 0.05) is 11.9 Å². The van der Waals surface area contributed by atoms with Crippen molar-refractivity contribution in [2.45, 2.75) is 20.4 Å². The van der Waals surface area contributed by atoms with Crippen molar-refractivity contribution in [2.75, 3.05) is 5.32 Å². The van der Waals surface area contributed by atoms with Gasteiger partial charge >= 0.3 is 0 Å². The van der Waals surface area contributed by atoms with Crippen molar-refractivity contribution in [1.29, 1.82) is 0 Å². The van der Waals surface area contributed by atoms with Crippen LogP contribution in [0.1, 0.15) is 22.9 Å². The summed E-state index contributed by atoms with van der Waals surface area (Å²) in [5.74, 6) is 1.22. The molecule has 0 radical (unpaired) electrons. The van der Waals surface area contributed by atoms with Crippen LogP contribution < -0.4 is 11.1 Å². The second-order valence-corrected chi connectivity index (χ2v) is 4.47. The van der Waals surface area contributed by atoms with Crippen molar-refractivity contribution >= 4 is 23.2 Å². The number of rotatable bonds is 4. The third kappa shape index (κ3) is 3.65. The molecule has 3 N–H and O–H groups in total. The Kier molecular flexibility index (Phi) is 3.96. The van der Waals surface area contributed by atoms with E-state index in [9.17, 15) is 0 Å². The first-order chi connectivity index (χ1) is 9.04. The van der Waals surface area contributed by atoms with Crippen molar-refractivity contribution < 1.29 is 0 Å². The fourth-order valence-corrected chi connectivity index (χ4v) is 1.65. The van der Waals surface area contributed by atoms with Crippen LogP contribution in [0.3, 0.4) is 0 Å². The lowest BCUT2D eigenvalue weighted by atomic mass is 10.3. The van der Waals surface area contributed by atoms with E-state index < -0.39 is 0 Å². The second-order valence-electron chi connectivity index (χ2n) is 4.03. The third-order valence-corrected chi connectivity index (χ3v) is 2.58. The SMILES string of the molecule is Cc1cc(C(N)=S)nc(NCc2ccnc(C)n2)n1. The van der Waals surface area contributed by atoms with Gasteiger partial charge < -0.3 is 11.1 Å².